The molecule has 27 heavy (non-hydrogen) atoms. The number of nitrogens with two attached hydrogens (primary N) is 1. The predicted molar refractivity (Wildman–Crippen MR) is 104 cm³/mol. The van der Waals surface area contributed by atoms with E-state index in [0.717, 1.165) is 10.4 Å². The van der Waals surface area contributed by atoms with Gasteiger partial charge in [0.25, 0.3) is 5.91 Å². The number of nitrogens with one attached hydrogen (secondary N) is 1. The molecule has 0 spiro atoms. The number of anilines is 2. The quantitative estimate of drug-likeness (QED) is 0.498. The van der Waals surface area contributed by atoms with E-state index in [-0.39, 0.29) is 11.7 Å². The second-order valence-corrected chi connectivity index (χ2v) is 7.09. The lowest BCUT2D eigenvalue weighted by atomic mass is 10.1. The highest BCUT2D eigenvalue weighted by molar-refractivity contribution is 7.19. The zero-order valence-electron chi connectivity index (χ0n) is 14.2. The number of aromatic nitrogens is 2. The van der Waals surface area contributed by atoms with Gasteiger partial charge in [-0.1, -0.05) is 12.1 Å². The van der Waals surface area contributed by atoms with Crippen LogP contribution >= 0.6 is 11.3 Å². The standard InChI is InChI=1S/C19H15FN4O2S/c1-24-9-14-12(19(24)26)6-7-16(22-14)23-18-13(17(21)25)8-15(27-18)10-2-4-11(20)5-3-10/h2-9,26H,1H3,(H2,21,25)(H,22,23). The molecular weight excluding hydrogens is 367 g/mol. The maximum Gasteiger partial charge on any atom is 0.251 e. The first-order chi connectivity index (χ1) is 12.9. The summed E-state index contributed by atoms with van der Waals surface area (Å²) in [5.41, 5.74) is 7.25. The number of fused-ring (bicyclic) bond motifs is 1. The molecular formula is C19H15FN4O2S. The minimum Gasteiger partial charge on any atom is -0.494 e. The number of thiophene rings is 1. The third-order valence-electron chi connectivity index (χ3n) is 4.18. The summed E-state index contributed by atoms with van der Waals surface area (Å²) in [6.45, 7) is 0. The van der Waals surface area contributed by atoms with Gasteiger partial charge in [-0.3, -0.25) is 4.79 Å². The summed E-state index contributed by atoms with van der Waals surface area (Å²) in [6, 6.07) is 11.2. The predicted octanol–water partition coefficient (Wildman–Crippen LogP) is 3.99. The Bertz CT molecular complexity index is 1160. The zero-order chi connectivity index (χ0) is 19.1. The van der Waals surface area contributed by atoms with Crippen molar-refractivity contribution in [3.63, 3.8) is 0 Å². The van der Waals surface area contributed by atoms with Gasteiger partial charge in [-0.25, -0.2) is 9.37 Å². The van der Waals surface area contributed by atoms with E-state index in [2.05, 4.69) is 10.3 Å². The first-order valence-electron chi connectivity index (χ1n) is 8.04. The Morgan fingerprint density at radius 3 is 2.70 bits per heavy atom. The summed E-state index contributed by atoms with van der Waals surface area (Å²) in [4.78, 5) is 17.1. The highest BCUT2D eigenvalue weighted by Crippen LogP contribution is 2.37. The highest BCUT2D eigenvalue weighted by atomic mass is 32.1. The summed E-state index contributed by atoms with van der Waals surface area (Å²) >= 11 is 1.33. The summed E-state index contributed by atoms with van der Waals surface area (Å²) in [7, 11) is 1.73. The van der Waals surface area contributed by atoms with Crippen LogP contribution in [0, 0.1) is 5.82 Å². The average Bonchev–Trinajstić information content (AvgIpc) is 3.17. The van der Waals surface area contributed by atoms with Gasteiger partial charge in [0.2, 0.25) is 0 Å². The number of rotatable bonds is 4. The van der Waals surface area contributed by atoms with E-state index in [0.29, 0.717) is 27.3 Å². The Balaban J connectivity index is 1.72. The average molecular weight is 382 g/mol. The topological polar surface area (TPSA) is 93.2 Å². The van der Waals surface area contributed by atoms with Crippen LogP contribution in [0.4, 0.5) is 15.2 Å². The normalized spacial score (nSPS) is 11.0. The Hall–Kier alpha value is -3.39. The molecule has 1 amide bonds. The summed E-state index contributed by atoms with van der Waals surface area (Å²) in [6.07, 6.45) is 1.71. The number of hydrogen-bond donors (Lipinski definition) is 3. The second kappa shape index (κ2) is 6.40. The summed E-state index contributed by atoms with van der Waals surface area (Å²) in [5.74, 6) is -0.243. The molecule has 0 unspecified atom stereocenters. The van der Waals surface area contributed by atoms with Crippen LogP contribution in [0.5, 0.6) is 5.88 Å². The van der Waals surface area contributed by atoms with Crippen LogP contribution in [0.1, 0.15) is 10.4 Å². The lowest BCUT2D eigenvalue weighted by molar-refractivity contribution is 0.100. The van der Waals surface area contributed by atoms with Crippen molar-refractivity contribution in [2.45, 2.75) is 0 Å². The van der Waals surface area contributed by atoms with Crippen LogP contribution < -0.4 is 11.1 Å². The van der Waals surface area contributed by atoms with Crippen LogP contribution in [0.15, 0.2) is 48.7 Å². The van der Waals surface area contributed by atoms with Gasteiger partial charge in [0.05, 0.1) is 16.5 Å². The first kappa shape index (κ1) is 17.0. The SMILES string of the molecule is Cn1cc2nc(Nc3sc(-c4ccc(F)cc4)cc3C(N)=O)ccc2c1O. The van der Waals surface area contributed by atoms with Crippen molar-refractivity contribution in [2.24, 2.45) is 12.8 Å². The van der Waals surface area contributed by atoms with Gasteiger partial charge in [0, 0.05) is 18.1 Å². The second-order valence-electron chi connectivity index (χ2n) is 6.04. The minimum atomic E-state index is -0.569. The Labute approximate surface area is 157 Å². The van der Waals surface area contributed by atoms with Crippen molar-refractivity contribution in [1.82, 2.24) is 9.55 Å². The molecule has 0 atom stereocenters. The number of primary amides is 1. The fourth-order valence-electron chi connectivity index (χ4n) is 2.81. The molecule has 3 aromatic heterocycles. The Morgan fingerprint density at radius 2 is 2.00 bits per heavy atom. The van der Waals surface area contributed by atoms with E-state index in [9.17, 15) is 14.3 Å². The van der Waals surface area contributed by atoms with Crippen LogP contribution in [-0.2, 0) is 7.05 Å². The van der Waals surface area contributed by atoms with E-state index in [1.165, 1.54) is 23.5 Å². The zero-order valence-corrected chi connectivity index (χ0v) is 15.0. The van der Waals surface area contributed by atoms with Crippen LogP contribution in [0.3, 0.4) is 0 Å². The van der Waals surface area contributed by atoms with Crippen molar-refractivity contribution >= 4 is 39.0 Å². The molecule has 4 rings (SSSR count). The monoisotopic (exact) mass is 382 g/mol. The molecule has 0 radical (unpaired) electrons. The maximum atomic E-state index is 13.1. The molecule has 136 valence electrons. The maximum absolute atomic E-state index is 13.1. The molecule has 4 aromatic rings. The van der Waals surface area contributed by atoms with E-state index >= 15 is 0 Å². The number of aryl methyl sites for hydroxylation is 1. The third kappa shape index (κ3) is 3.11. The van der Waals surface area contributed by atoms with E-state index < -0.39 is 5.91 Å². The van der Waals surface area contributed by atoms with E-state index in [1.807, 2.05) is 0 Å². The van der Waals surface area contributed by atoms with Gasteiger partial charge < -0.3 is 20.7 Å². The lowest BCUT2D eigenvalue weighted by Gasteiger charge is -2.04. The number of amides is 1. The smallest absolute Gasteiger partial charge is 0.251 e. The summed E-state index contributed by atoms with van der Waals surface area (Å²) < 4.78 is 14.7. The molecule has 0 bridgehead atoms. The molecule has 3 heterocycles. The molecule has 0 aliphatic rings. The lowest BCUT2D eigenvalue weighted by Crippen LogP contribution is -2.11. The van der Waals surface area contributed by atoms with Gasteiger partial charge in [-0.2, -0.15) is 0 Å². The van der Waals surface area contributed by atoms with Gasteiger partial charge >= 0.3 is 0 Å². The van der Waals surface area contributed by atoms with Gasteiger partial charge in [0.1, 0.15) is 16.6 Å². The van der Waals surface area contributed by atoms with E-state index in [4.69, 9.17) is 5.73 Å². The third-order valence-corrected chi connectivity index (χ3v) is 5.28. The number of nitrogens with zero attached hydrogens (tertiary/aromatic N) is 2. The van der Waals surface area contributed by atoms with Crippen molar-refractivity contribution in [1.29, 1.82) is 0 Å². The van der Waals surface area contributed by atoms with Crippen molar-refractivity contribution in [3.05, 3.63) is 60.0 Å². The van der Waals surface area contributed by atoms with Gasteiger partial charge in [0.15, 0.2) is 5.88 Å². The Kier molecular flexibility index (Phi) is 4.04. The van der Waals surface area contributed by atoms with Crippen molar-refractivity contribution in [3.8, 4) is 16.3 Å². The molecule has 0 saturated carbocycles. The van der Waals surface area contributed by atoms with Crippen LogP contribution in [0.25, 0.3) is 21.3 Å². The van der Waals surface area contributed by atoms with Gasteiger partial charge in [-0.05, 0) is 35.9 Å². The number of pyridine rings is 1. The first-order valence-corrected chi connectivity index (χ1v) is 8.85. The van der Waals surface area contributed by atoms with Crippen molar-refractivity contribution in [2.75, 3.05) is 5.32 Å². The van der Waals surface area contributed by atoms with Gasteiger partial charge in [-0.15, -0.1) is 11.3 Å². The molecule has 0 aliphatic heterocycles. The molecule has 8 heteroatoms. The number of halogens is 1. The number of benzene rings is 1. The minimum absolute atomic E-state index is 0.136. The number of aromatic hydroxyl groups is 1. The van der Waals surface area contributed by atoms with Crippen LogP contribution in [-0.4, -0.2) is 20.6 Å². The molecule has 1 aromatic carbocycles. The van der Waals surface area contributed by atoms with Crippen LogP contribution in [0.2, 0.25) is 0 Å². The molecule has 0 saturated heterocycles. The number of hydrogen-bond acceptors (Lipinski definition) is 5. The number of carbonyl (C=O) groups excluding carboxylic acids is 1. The fourth-order valence-corrected chi connectivity index (χ4v) is 3.88. The summed E-state index contributed by atoms with van der Waals surface area (Å²) in [5, 5.41) is 14.3. The van der Waals surface area contributed by atoms with E-state index in [1.54, 1.807) is 48.1 Å². The highest BCUT2D eigenvalue weighted by Gasteiger charge is 2.16. The largest absolute Gasteiger partial charge is 0.494 e. The number of carbonyl (C=O) groups is 1. The molecule has 0 fully saturated rings. The molecule has 4 N–H and O–H groups in total. The fraction of sp³-hybridized carbons (Fsp3) is 0.0526. The molecule has 6 nitrogen and oxygen atoms in total. The Morgan fingerprint density at radius 1 is 1.26 bits per heavy atom. The molecule has 0 aliphatic carbocycles. The van der Waals surface area contributed by atoms with Crippen molar-refractivity contribution < 1.29 is 14.3 Å².